The Kier molecular flexibility index (Phi) is 3.43. The van der Waals surface area contributed by atoms with E-state index in [4.69, 9.17) is 2.64 Å². The second kappa shape index (κ2) is 3.88. The SMILES string of the molecule is O=C([O][Hg])C1C=CSS1. The molecule has 0 aromatic rings. The second-order valence-corrected chi connectivity index (χ2v) is 4.85. The predicted molar refractivity (Wildman–Crippen MR) is 34.2 cm³/mol. The molecule has 1 unspecified atom stereocenters. The van der Waals surface area contributed by atoms with Gasteiger partial charge >= 0.3 is 78.3 Å². The van der Waals surface area contributed by atoms with Gasteiger partial charge in [-0.1, -0.05) is 0 Å². The molecular formula is C4H3HgO2S2. The number of carbonyl (C=O) groups excluding carboxylic acids is 1. The Labute approximate surface area is 77.8 Å². The van der Waals surface area contributed by atoms with Gasteiger partial charge in [0.05, 0.1) is 0 Å². The monoisotopic (exact) mass is 349 g/mol. The van der Waals surface area contributed by atoms with Crippen molar-refractivity contribution in [3.05, 3.63) is 11.5 Å². The van der Waals surface area contributed by atoms with Gasteiger partial charge in [0, 0.05) is 0 Å². The van der Waals surface area contributed by atoms with Gasteiger partial charge in [0.15, 0.2) is 0 Å². The molecule has 45 valence electrons. The van der Waals surface area contributed by atoms with E-state index in [0.717, 1.165) is 0 Å². The van der Waals surface area contributed by atoms with Crippen molar-refractivity contribution in [2.45, 2.75) is 5.25 Å². The molecule has 9 heavy (non-hydrogen) atoms. The molecule has 0 spiro atoms. The average Bonchev–Trinajstić information content (AvgIpc) is 2.37. The molecule has 0 radical (unpaired) electrons. The molecule has 0 aliphatic carbocycles. The van der Waals surface area contributed by atoms with Gasteiger partial charge < -0.3 is 0 Å². The summed E-state index contributed by atoms with van der Waals surface area (Å²) in [5, 5.41) is 1.88. The standard InChI is InChI=1S/C4H4O2S2.Hg/c5-4(6)3-1-2-7-8-3;/h1-3H,(H,5,6);/q;+1/p-1. The van der Waals surface area contributed by atoms with Crippen LogP contribution >= 0.6 is 21.6 Å². The van der Waals surface area contributed by atoms with Crippen molar-refractivity contribution in [2.24, 2.45) is 0 Å². The van der Waals surface area contributed by atoms with Crippen LogP contribution in [0.2, 0.25) is 0 Å². The van der Waals surface area contributed by atoms with Crippen LogP contribution in [0.1, 0.15) is 0 Å². The van der Waals surface area contributed by atoms with E-state index in [0.29, 0.717) is 0 Å². The molecule has 1 rings (SSSR count). The number of carbonyl (C=O) groups is 1. The van der Waals surface area contributed by atoms with Gasteiger partial charge in [0.2, 0.25) is 0 Å². The summed E-state index contributed by atoms with van der Waals surface area (Å²) in [6.45, 7) is 0. The first-order valence-electron chi connectivity index (χ1n) is 2.29. The fourth-order valence-electron chi connectivity index (χ4n) is 0.427. The van der Waals surface area contributed by atoms with E-state index in [-0.39, 0.29) is 37.8 Å². The Morgan fingerprint density at radius 2 is 2.56 bits per heavy atom. The van der Waals surface area contributed by atoms with Crippen molar-refractivity contribution in [3.8, 4) is 0 Å². The fraction of sp³-hybridized carbons (Fsp3) is 0.250. The van der Waals surface area contributed by atoms with Gasteiger partial charge in [-0.2, -0.15) is 0 Å². The Morgan fingerprint density at radius 1 is 1.78 bits per heavy atom. The minimum atomic E-state index is -0.0791. The van der Waals surface area contributed by atoms with Crippen molar-refractivity contribution in [1.29, 1.82) is 0 Å². The Hall–Kier alpha value is 0.845. The Balaban J connectivity index is 2.43. The molecule has 0 aromatic heterocycles. The summed E-state index contributed by atoms with van der Waals surface area (Å²) in [7, 11) is 3.12. The summed E-state index contributed by atoms with van der Waals surface area (Å²) < 4.78 is 4.70. The van der Waals surface area contributed by atoms with E-state index in [2.05, 4.69) is 0 Å². The van der Waals surface area contributed by atoms with Gasteiger partial charge in [-0.3, -0.25) is 0 Å². The topological polar surface area (TPSA) is 26.3 Å². The van der Waals surface area contributed by atoms with Crippen molar-refractivity contribution in [1.82, 2.24) is 0 Å². The quantitative estimate of drug-likeness (QED) is 0.527. The molecule has 0 aromatic carbocycles. The number of rotatable bonds is 1. The molecular weight excluding hydrogens is 345 g/mol. The van der Waals surface area contributed by atoms with Gasteiger partial charge in [-0.15, -0.1) is 0 Å². The summed E-state index contributed by atoms with van der Waals surface area (Å²) in [5.74, 6) is -0.0791. The number of hydrogen-bond donors (Lipinski definition) is 0. The molecule has 0 saturated carbocycles. The molecule has 0 saturated heterocycles. The van der Waals surface area contributed by atoms with Crippen LogP contribution in [0.4, 0.5) is 0 Å². The van der Waals surface area contributed by atoms with Crippen LogP contribution < -0.4 is 0 Å². The fourth-order valence-corrected chi connectivity index (χ4v) is 3.56. The molecule has 0 amide bonds. The van der Waals surface area contributed by atoms with Crippen molar-refractivity contribution in [2.75, 3.05) is 0 Å². The summed E-state index contributed by atoms with van der Waals surface area (Å²) >= 11 is 0.141. The first-order valence-corrected chi connectivity index (χ1v) is 6.81. The summed E-state index contributed by atoms with van der Waals surface area (Å²) in [5.41, 5.74) is 0. The molecule has 1 aliphatic rings. The van der Waals surface area contributed by atoms with E-state index in [1.807, 2.05) is 11.5 Å². The Morgan fingerprint density at radius 3 is 3.00 bits per heavy atom. The first kappa shape index (κ1) is 7.95. The average molecular weight is 348 g/mol. The third kappa shape index (κ3) is 2.16. The first-order chi connectivity index (χ1) is 4.34. The molecule has 0 bridgehead atoms. The van der Waals surface area contributed by atoms with Crippen LogP contribution in [0.15, 0.2) is 11.5 Å². The van der Waals surface area contributed by atoms with Crippen LogP contribution in [0.25, 0.3) is 0 Å². The molecule has 1 heterocycles. The molecule has 0 N–H and O–H groups in total. The Bertz CT molecular complexity index is 148. The maximum absolute atomic E-state index is 10.8. The number of hydrogen-bond acceptors (Lipinski definition) is 4. The third-order valence-corrected chi connectivity index (χ3v) is 4.17. The summed E-state index contributed by atoms with van der Waals surface area (Å²) in [6, 6.07) is 0. The summed E-state index contributed by atoms with van der Waals surface area (Å²) in [4.78, 5) is 10.8. The molecule has 5 heteroatoms. The van der Waals surface area contributed by atoms with Crippen LogP contribution in [0.5, 0.6) is 0 Å². The second-order valence-electron chi connectivity index (χ2n) is 1.40. The van der Waals surface area contributed by atoms with E-state index < -0.39 is 0 Å². The van der Waals surface area contributed by atoms with Crippen LogP contribution in [0.3, 0.4) is 0 Å². The van der Waals surface area contributed by atoms with E-state index in [1.165, 1.54) is 10.8 Å². The molecule has 1 aliphatic heterocycles. The molecule has 2 nitrogen and oxygen atoms in total. The van der Waals surface area contributed by atoms with Crippen LogP contribution in [-0.4, -0.2) is 11.2 Å². The zero-order valence-corrected chi connectivity index (χ0v) is 11.7. The molecule has 1 atom stereocenters. The van der Waals surface area contributed by atoms with E-state index in [1.54, 1.807) is 10.8 Å². The van der Waals surface area contributed by atoms with Gasteiger partial charge in [0.25, 0.3) is 0 Å². The zero-order chi connectivity index (χ0) is 6.69. The van der Waals surface area contributed by atoms with Gasteiger partial charge in [0.1, 0.15) is 0 Å². The van der Waals surface area contributed by atoms with Crippen molar-refractivity contribution < 1.29 is 34.0 Å². The normalized spacial score (nSPS) is 24.4. The van der Waals surface area contributed by atoms with Crippen LogP contribution in [0, 0.1) is 0 Å². The van der Waals surface area contributed by atoms with Crippen molar-refractivity contribution >= 4 is 27.6 Å². The molecule has 0 fully saturated rings. The maximum atomic E-state index is 10.8. The van der Waals surface area contributed by atoms with Crippen LogP contribution in [-0.2, 0) is 34.0 Å². The van der Waals surface area contributed by atoms with Gasteiger partial charge in [-0.05, 0) is 0 Å². The van der Waals surface area contributed by atoms with E-state index in [9.17, 15) is 4.79 Å². The summed E-state index contributed by atoms with van der Waals surface area (Å²) in [6.07, 6.45) is 1.87. The zero-order valence-electron chi connectivity index (χ0n) is 4.57. The van der Waals surface area contributed by atoms with Gasteiger partial charge in [-0.25, -0.2) is 0 Å². The van der Waals surface area contributed by atoms with Crippen molar-refractivity contribution in [3.63, 3.8) is 0 Å². The third-order valence-electron chi connectivity index (χ3n) is 0.843. The minimum absolute atomic E-state index is 0.0347. The van der Waals surface area contributed by atoms with E-state index >= 15 is 0 Å². The predicted octanol–water partition coefficient (Wildman–Crippen LogP) is 1.27.